The van der Waals surface area contributed by atoms with Gasteiger partial charge in [0.2, 0.25) is 10.0 Å². The van der Waals surface area contributed by atoms with Gasteiger partial charge < -0.3 is 10.2 Å². The molecule has 0 heterocycles. The van der Waals surface area contributed by atoms with E-state index >= 15 is 0 Å². The van der Waals surface area contributed by atoms with Gasteiger partial charge in [0.25, 0.3) is 0 Å². The minimum absolute atomic E-state index is 0.0492. The van der Waals surface area contributed by atoms with Crippen molar-refractivity contribution in [3.05, 3.63) is 29.8 Å². The van der Waals surface area contributed by atoms with Gasteiger partial charge in [-0.05, 0) is 49.7 Å². The maximum Gasteiger partial charge on any atom is 0.238 e. The van der Waals surface area contributed by atoms with Gasteiger partial charge in [-0.15, -0.1) is 0 Å². The quantitative estimate of drug-likeness (QED) is 0.812. The minimum Gasteiger partial charge on any atom is -0.360 e. The predicted molar refractivity (Wildman–Crippen MR) is 96.6 cm³/mol. The van der Waals surface area contributed by atoms with E-state index in [1.54, 1.807) is 12.1 Å². The van der Waals surface area contributed by atoms with Crippen LogP contribution in [0.3, 0.4) is 0 Å². The summed E-state index contributed by atoms with van der Waals surface area (Å²) in [6.45, 7) is 2.04. The van der Waals surface area contributed by atoms with Crippen molar-refractivity contribution in [2.24, 2.45) is 5.14 Å². The summed E-state index contributed by atoms with van der Waals surface area (Å²) in [4.78, 5) is 2.13. The van der Waals surface area contributed by atoms with E-state index in [0.717, 1.165) is 10.7 Å². The lowest BCUT2D eigenvalue weighted by atomic mass is 9.96. The zero-order chi connectivity index (χ0) is 17.0. The van der Waals surface area contributed by atoms with E-state index in [1.165, 1.54) is 44.2 Å². The smallest absolute Gasteiger partial charge is 0.238 e. The standard InChI is InChI=1S/C16H25N3O2S2/c1-12(13-8-10-15(11-9-13)23(17,20)21)19(2)16(22)18-14-6-4-3-5-7-14/h8-12,14H,3-7H2,1-2H3,(H,18,22)(H2,17,20,21)/t12-/m0/s1. The highest BCUT2D eigenvalue weighted by Gasteiger charge is 2.19. The molecule has 0 aliphatic heterocycles. The highest BCUT2D eigenvalue weighted by Crippen LogP contribution is 2.22. The average Bonchev–Trinajstić information content (AvgIpc) is 2.53. The third-order valence-corrected chi connectivity index (χ3v) is 5.86. The second kappa shape index (κ2) is 7.59. The van der Waals surface area contributed by atoms with E-state index in [4.69, 9.17) is 17.4 Å². The van der Waals surface area contributed by atoms with Gasteiger partial charge in [0.15, 0.2) is 5.11 Å². The van der Waals surface area contributed by atoms with Gasteiger partial charge in [0.1, 0.15) is 0 Å². The number of rotatable bonds is 4. The van der Waals surface area contributed by atoms with E-state index in [-0.39, 0.29) is 10.9 Å². The van der Waals surface area contributed by atoms with Gasteiger partial charge in [0, 0.05) is 13.1 Å². The van der Waals surface area contributed by atoms with Gasteiger partial charge in [-0.3, -0.25) is 0 Å². The van der Waals surface area contributed by atoms with Gasteiger partial charge in [-0.2, -0.15) is 0 Å². The topological polar surface area (TPSA) is 75.4 Å². The minimum atomic E-state index is -3.65. The molecule has 0 unspecified atom stereocenters. The third kappa shape index (κ3) is 4.89. The highest BCUT2D eigenvalue weighted by molar-refractivity contribution is 7.89. The van der Waals surface area contributed by atoms with Gasteiger partial charge in [0.05, 0.1) is 10.9 Å². The Kier molecular flexibility index (Phi) is 6.00. The summed E-state index contributed by atoms with van der Waals surface area (Å²) in [5, 5.41) is 9.31. The van der Waals surface area contributed by atoms with Gasteiger partial charge >= 0.3 is 0 Å². The van der Waals surface area contributed by atoms with Crippen molar-refractivity contribution >= 4 is 27.4 Å². The van der Waals surface area contributed by atoms with Gasteiger partial charge in [-0.25, -0.2) is 13.6 Å². The van der Waals surface area contributed by atoms with Crippen LogP contribution in [0.2, 0.25) is 0 Å². The number of nitrogens with one attached hydrogen (secondary N) is 1. The van der Waals surface area contributed by atoms with Crippen molar-refractivity contribution in [2.45, 2.75) is 56.0 Å². The van der Waals surface area contributed by atoms with Crippen molar-refractivity contribution in [3.8, 4) is 0 Å². The fourth-order valence-corrected chi connectivity index (χ4v) is 3.70. The molecule has 23 heavy (non-hydrogen) atoms. The first-order chi connectivity index (χ1) is 10.8. The van der Waals surface area contributed by atoms with Crippen LogP contribution in [0.15, 0.2) is 29.2 Å². The molecule has 128 valence electrons. The van der Waals surface area contributed by atoms with Crippen LogP contribution >= 0.6 is 12.2 Å². The Hall–Kier alpha value is -1.18. The predicted octanol–water partition coefficient (Wildman–Crippen LogP) is 2.53. The lowest BCUT2D eigenvalue weighted by molar-refractivity contribution is 0.362. The summed E-state index contributed by atoms with van der Waals surface area (Å²) in [5.74, 6) is 0. The Morgan fingerprint density at radius 1 is 1.26 bits per heavy atom. The molecule has 0 aromatic heterocycles. The Labute approximate surface area is 144 Å². The monoisotopic (exact) mass is 355 g/mol. The number of sulfonamides is 1. The van der Waals surface area contributed by atoms with Crippen LogP contribution in [0.4, 0.5) is 0 Å². The number of benzene rings is 1. The Morgan fingerprint density at radius 2 is 1.83 bits per heavy atom. The summed E-state index contributed by atoms with van der Waals surface area (Å²) in [7, 11) is -1.70. The molecular formula is C16H25N3O2S2. The number of hydrogen-bond acceptors (Lipinski definition) is 3. The average molecular weight is 356 g/mol. The van der Waals surface area contributed by atoms with Crippen molar-refractivity contribution in [1.29, 1.82) is 0 Å². The molecule has 2 rings (SSSR count). The molecule has 1 aliphatic carbocycles. The zero-order valence-electron chi connectivity index (χ0n) is 13.7. The number of thiocarbonyl (C=S) groups is 1. The molecule has 0 spiro atoms. The summed E-state index contributed by atoms with van der Waals surface area (Å²) in [6, 6.07) is 7.15. The molecule has 7 heteroatoms. The van der Waals surface area contributed by atoms with Crippen LogP contribution in [-0.2, 0) is 10.0 Å². The van der Waals surface area contributed by atoms with Crippen LogP contribution < -0.4 is 10.5 Å². The molecule has 1 fully saturated rings. The lowest BCUT2D eigenvalue weighted by Gasteiger charge is -2.32. The van der Waals surface area contributed by atoms with Crippen molar-refractivity contribution in [1.82, 2.24) is 10.2 Å². The molecule has 1 aromatic carbocycles. The molecular weight excluding hydrogens is 330 g/mol. The first-order valence-electron chi connectivity index (χ1n) is 7.95. The van der Waals surface area contributed by atoms with Crippen LogP contribution in [0, 0.1) is 0 Å². The van der Waals surface area contributed by atoms with E-state index in [0.29, 0.717) is 6.04 Å². The van der Waals surface area contributed by atoms with Crippen molar-refractivity contribution < 1.29 is 8.42 Å². The first-order valence-corrected chi connectivity index (χ1v) is 9.90. The van der Waals surface area contributed by atoms with Crippen LogP contribution in [-0.4, -0.2) is 31.5 Å². The van der Waals surface area contributed by atoms with Crippen molar-refractivity contribution in [2.75, 3.05) is 7.05 Å². The largest absolute Gasteiger partial charge is 0.360 e. The molecule has 0 amide bonds. The van der Waals surface area contributed by atoms with E-state index < -0.39 is 10.0 Å². The molecule has 1 saturated carbocycles. The van der Waals surface area contributed by atoms with E-state index in [1.807, 2.05) is 18.9 Å². The Morgan fingerprint density at radius 3 is 2.35 bits per heavy atom. The molecule has 1 aliphatic rings. The Balaban J connectivity index is 2.00. The second-order valence-electron chi connectivity index (χ2n) is 6.19. The molecule has 0 radical (unpaired) electrons. The van der Waals surface area contributed by atoms with Crippen LogP contribution in [0.25, 0.3) is 0 Å². The normalized spacial score (nSPS) is 17.5. The summed E-state index contributed by atoms with van der Waals surface area (Å²) in [5.41, 5.74) is 0.993. The van der Waals surface area contributed by atoms with E-state index in [2.05, 4.69) is 5.32 Å². The lowest BCUT2D eigenvalue weighted by Crippen LogP contribution is -2.44. The maximum atomic E-state index is 11.3. The molecule has 1 atom stereocenters. The zero-order valence-corrected chi connectivity index (χ0v) is 15.3. The van der Waals surface area contributed by atoms with Crippen LogP contribution in [0.5, 0.6) is 0 Å². The summed E-state index contributed by atoms with van der Waals surface area (Å²) < 4.78 is 22.6. The third-order valence-electron chi connectivity index (χ3n) is 4.53. The SMILES string of the molecule is C[C@@H](c1ccc(S(N)(=O)=O)cc1)N(C)C(=S)NC1CCCCC1. The number of nitrogens with zero attached hydrogens (tertiary/aromatic N) is 1. The first kappa shape index (κ1) is 18.2. The molecule has 1 aromatic rings. The van der Waals surface area contributed by atoms with Crippen LogP contribution in [0.1, 0.15) is 50.6 Å². The number of nitrogens with two attached hydrogens (primary N) is 1. The second-order valence-corrected chi connectivity index (χ2v) is 8.13. The summed E-state index contributed by atoms with van der Waals surface area (Å²) >= 11 is 5.52. The van der Waals surface area contributed by atoms with Gasteiger partial charge in [-0.1, -0.05) is 31.4 Å². The number of primary sulfonamides is 1. The fourth-order valence-electron chi connectivity index (χ4n) is 2.86. The molecule has 0 saturated heterocycles. The molecule has 0 bridgehead atoms. The summed E-state index contributed by atoms with van der Waals surface area (Å²) in [6.07, 6.45) is 6.17. The van der Waals surface area contributed by atoms with Crippen molar-refractivity contribution in [3.63, 3.8) is 0 Å². The Bertz CT molecular complexity index is 638. The molecule has 5 nitrogen and oxygen atoms in total. The highest BCUT2D eigenvalue weighted by atomic mass is 32.2. The van der Waals surface area contributed by atoms with E-state index in [9.17, 15) is 8.42 Å². The molecule has 3 N–H and O–H groups in total. The maximum absolute atomic E-state index is 11.3. The number of hydrogen-bond donors (Lipinski definition) is 2. The fraction of sp³-hybridized carbons (Fsp3) is 0.562.